The Balaban J connectivity index is 1.48. The number of aryl methyl sites for hydroxylation is 1. The number of hydrogen-bond acceptors (Lipinski definition) is 2. The van der Waals surface area contributed by atoms with Gasteiger partial charge in [-0.25, -0.2) is 0 Å². The Morgan fingerprint density at radius 3 is 3.05 bits per heavy atom. The number of nitrogens with zero attached hydrogens (tertiary/aromatic N) is 2. The summed E-state index contributed by atoms with van der Waals surface area (Å²) in [5, 5.41) is 4.33. The Bertz CT molecular complexity index is 634. The molecule has 3 rings (SSSR count). The highest BCUT2D eigenvalue weighted by Gasteiger charge is 2.22. The van der Waals surface area contributed by atoms with Crippen LogP contribution in [0.2, 0.25) is 0 Å². The van der Waals surface area contributed by atoms with Crippen molar-refractivity contribution >= 4 is 16.8 Å². The number of rotatable bonds is 6. The maximum atomic E-state index is 12.1. The molecule has 1 aliphatic heterocycles. The molecule has 1 saturated heterocycles. The van der Waals surface area contributed by atoms with Crippen molar-refractivity contribution < 1.29 is 4.79 Å². The van der Waals surface area contributed by atoms with Crippen LogP contribution in [0.3, 0.4) is 0 Å². The summed E-state index contributed by atoms with van der Waals surface area (Å²) in [6, 6.07) is 10.9. The summed E-state index contributed by atoms with van der Waals surface area (Å²) < 4.78 is 2.16. The summed E-state index contributed by atoms with van der Waals surface area (Å²) in [5.74, 6) is 0.153. The molecule has 22 heavy (non-hydrogen) atoms. The van der Waals surface area contributed by atoms with Crippen LogP contribution in [-0.4, -0.2) is 41.1 Å². The molecule has 4 nitrogen and oxygen atoms in total. The molecule has 0 aliphatic carbocycles. The first kappa shape index (κ1) is 15.1. The largest absolute Gasteiger partial charge is 0.354 e. The summed E-state index contributed by atoms with van der Waals surface area (Å²) in [5.41, 5.74) is 1.20. The third-order valence-electron chi connectivity index (χ3n) is 4.70. The molecule has 1 aromatic heterocycles. The summed E-state index contributed by atoms with van der Waals surface area (Å²) >= 11 is 0. The van der Waals surface area contributed by atoms with Gasteiger partial charge in [0.25, 0.3) is 0 Å². The van der Waals surface area contributed by atoms with E-state index in [9.17, 15) is 4.79 Å². The van der Waals surface area contributed by atoms with Crippen LogP contribution in [0, 0.1) is 0 Å². The van der Waals surface area contributed by atoms with E-state index in [0.717, 1.165) is 19.6 Å². The fourth-order valence-corrected chi connectivity index (χ4v) is 3.42. The topological polar surface area (TPSA) is 37.3 Å². The average molecular weight is 299 g/mol. The molecule has 1 fully saturated rings. The zero-order valence-corrected chi connectivity index (χ0v) is 13.3. The minimum absolute atomic E-state index is 0.153. The third-order valence-corrected chi connectivity index (χ3v) is 4.70. The van der Waals surface area contributed by atoms with E-state index in [1.54, 1.807) is 0 Å². The molecule has 2 aromatic rings. The number of carbonyl (C=O) groups is 1. The van der Waals surface area contributed by atoms with Crippen molar-refractivity contribution in [2.24, 2.45) is 0 Å². The first-order valence-electron chi connectivity index (χ1n) is 8.32. The molecule has 1 atom stereocenters. The van der Waals surface area contributed by atoms with Gasteiger partial charge >= 0.3 is 0 Å². The lowest BCUT2D eigenvalue weighted by Gasteiger charge is -2.22. The van der Waals surface area contributed by atoms with E-state index in [2.05, 4.69) is 46.1 Å². The smallest absolute Gasteiger partial charge is 0.221 e. The molecule has 0 bridgehead atoms. The van der Waals surface area contributed by atoms with Crippen molar-refractivity contribution in [3.63, 3.8) is 0 Å². The number of aromatic nitrogens is 1. The number of para-hydroxylation sites is 1. The van der Waals surface area contributed by atoms with Gasteiger partial charge in [0.2, 0.25) is 5.91 Å². The van der Waals surface area contributed by atoms with Crippen molar-refractivity contribution in [3.8, 4) is 0 Å². The third kappa shape index (κ3) is 3.33. The Kier molecular flexibility index (Phi) is 4.78. The number of nitrogens with one attached hydrogen (secondary N) is 1. The van der Waals surface area contributed by atoms with Crippen LogP contribution < -0.4 is 5.32 Å². The normalized spacial score (nSPS) is 18.9. The molecule has 1 aliphatic rings. The number of likely N-dealkylation sites (tertiary alicyclic amines) is 1. The van der Waals surface area contributed by atoms with E-state index in [4.69, 9.17) is 0 Å². The van der Waals surface area contributed by atoms with Gasteiger partial charge in [-0.2, -0.15) is 0 Å². The quantitative estimate of drug-likeness (QED) is 0.890. The van der Waals surface area contributed by atoms with Gasteiger partial charge in [0, 0.05) is 37.3 Å². The van der Waals surface area contributed by atoms with E-state index in [1.165, 1.54) is 30.3 Å². The fraction of sp³-hybridized carbons (Fsp3) is 0.500. The molecule has 2 heterocycles. The summed E-state index contributed by atoms with van der Waals surface area (Å²) in [7, 11) is 0. The average Bonchev–Trinajstić information content (AvgIpc) is 3.17. The second-order valence-electron chi connectivity index (χ2n) is 6.05. The molecule has 0 saturated carbocycles. The lowest BCUT2D eigenvalue weighted by Crippen LogP contribution is -2.40. The molecule has 0 spiro atoms. The van der Waals surface area contributed by atoms with Gasteiger partial charge in [0.05, 0.1) is 0 Å². The highest BCUT2D eigenvalue weighted by atomic mass is 16.1. The van der Waals surface area contributed by atoms with Crippen molar-refractivity contribution in [2.75, 3.05) is 19.6 Å². The lowest BCUT2D eigenvalue weighted by atomic mass is 10.2. The van der Waals surface area contributed by atoms with E-state index in [0.29, 0.717) is 12.5 Å². The Hall–Kier alpha value is -1.81. The van der Waals surface area contributed by atoms with Gasteiger partial charge in [-0.15, -0.1) is 0 Å². The van der Waals surface area contributed by atoms with Gasteiger partial charge in [-0.1, -0.05) is 25.1 Å². The van der Waals surface area contributed by atoms with Gasteiger partial charge in [-0.3, -0.25) is 9.69 Å². The molecule has 0 radical (unpaired) electrons. The molecule has 1 amide bonds. The minimum atomic E-state index is 0.153. The fourth-order valence-electron chi connectivity index (χ4n) is 3.42. The van der Waals surface area contributed by atoms with Crippen LogP contribution in [-0.2, 0) is 11.3 Å². The summed E-state index contributed by atoms with van der Waals surface area (Å²) in [6.07, 6.45) is 5.06. The SMILES string of the molecule is CCN1CCCC1CNC(=O)CCn1ccc2ccccc21. The maximum Gasteiger partial charge on any atom is 0.221 e. The zero-order chi connectivity index (χ0) is 15.4. The lowest BCUT2D eigenvalue weighted by molar-refractivity contribution is -0.121. The standard InChI is InChI=1S/C18H25N3O/c1-2-20-11-5-7-16(20)14-19-18(22)10-13-21-12-9-15-6-3-4-8-17(15)21/h3-4,6,8-9,12,16H,2,5,7,10-11,13-14H2,1H3,(H,19,22). The van der Waals surface area contributed by atoms with Crippen molar-refractivity contribution in [3.05, 3.63) is 36.5 Å². The van der Waals surface area contributed by atoms with Crippen LogP contribution in [0.25, 0.3) is 10.9 Å². The first-order chi connectivity index (χ1) is 10.8. The Morgan fingerprint density at radius 2 is 2.18 bits per heavy atom. The van der Waals surface area contributed by atoms with Gasteiger partial charge < -0.3 is 9.88 Å². The molecular formula is C18H25N3O. The minimum Gasteiger partial charge on any atom is -0.354 e. The molecule has 1 aromatic carbocycles. The van der Waals surface area contributed by atoms with Crippen LogP contribution >= 0.6 is 0 Å². The highest BCUT2D eigenvalue weighted by molar-refractivity contribution is 5.80. The van der Waals surface area contributed by atoms with Gasteiger partial charge in [0.1, 0.15) is 0 Å². The number of likely N-dealkylation sites (N-methyl/N-ethyl adjacent to an activating group) is 1. The molecule has 118 valence electrons. The van der Waals surface area contributed by atoms with Crippen LogP contribution in [0.4, 0.5) is 0 Å². The monoisotopic (exact) mass is 299 g/mol. The number of amides is 1. The molecule has 4 heteroatoms. The van der Waals surface area contributed by atoms with Crippen molar-refractivity contribution in [1.82, 2.24) is 14.8 Å². The highest BCUT2D eigenvalue weighted by Crippen LogP contribution is 2.16. The van der Waals surface area contributed by atoms with Crippen LogP contribution in [0.5, 0.6) is 0 Å². The summed E-state index contributed by atoms with van der Waals surface area (Å²) in [4.78, 5) is 14.5. The first-order valence-corrected chi connectivity index (χ1v) is 8.32. The zero-order valence-electron chi connectivity index (χ0n) is 13.3. The van der Waals surface area contributed by atoms with Crippen LogP contribution in [0.15, 0.2) is 36.5 Å². The van der Waals surface area contributed by atoms with E-state index >= 15 is 0 Å². The second-order valence-corrected chi connectivity index (χ2v) is 6.05. The number of benzene rings is 1. The van der Waals surface area contributed by atoms with E-state index < -0.39 is 0 Å². The Morgan fingerprint density at radius 1 is 1.32 bits per heavy atom. The predicted molar refractivity (Wildman–Crippen MR) is 89.8 cm³/mol. The van der Waals surface area contributed by atoms with Gasteiger partial charge in [0.15, 0.2) is 0 Å². The van der Waals surface area contributed by atoms with Gasteiger partial charge in [-0.05, 0) is 43.5 Å². The molecule has 1 unspecified atom stereocenters. The van der Waals surface area contributed by atoms with Crippen molar-refractivity contribution in [1.29, 1.82) is 0 Å². The van der Waals surface area contributed by atoms with Crippen LogP contribution in [0.1, 0.15) is 26.2 Å². The number of carbonyl (C=O) groups excluding carboxylic acids is 1. The van der Waals surface area contributed by atoms with E-state index in [-0.39, 0.29) is 5.91 Å². The maximum absolute atomic E-state index is 12.1. The molecule has 1 N–H and O–H groups in total. The van der Waals surface area contributed by atoms with Crippen molar-refractivity contribution in [2.45, 2.75) is 38.8 Å². The number of fused-ring (bicyclic) bond motifs is 1. The second kappa shape index (κ2) is 6.97. The predicted octanol–water partition coefficient (Wildman–Crippen LogP) is 2.63. The molecular weight excluding hydrogens is 274 g/mol. The Labute approximate surface area is 132 Å². The summed E-state index contributed by atoms with van der Waals surface area (Å²) in [6.45, 7) is 5.97. The number of hydrogen-bond donors (Lipinski definition) is 1. The van der Waals surface area contributed by atoms with E-state index in [1.807, 2.05) is 12.1 Å².